The summed E-state index contributed by atoms with van der Waals surface area (Å²) in [6.07, 6.45) is 8.09. The van der Waals surface area contributed by atoms with Gasteiger partial charge in [0.1, 0.15) is 0 Å². The normalized spacial score (nSPS) is 45.4. The zero-order valence-corrected chi connectivity index (χ0v) is 12.1. The highest BCUT2D eigenvalue weighted by Gasteiger charge is 2.55. The Bertz CT molecular complexity index is 271. The van der Waals surface area contributed by atoms with Crippen molar-refractivity contribution in [2.45, 2.75) is 66.2 Å². The summed E-state index contributed by atoms with van der Waals surface area (Å²) in [5.74, 6) is 2.58. The van der Waals surface area contributed by atoms with Crippen LogP contribution in [0.4, 0.5) is 0 Å². The van der Waals surface area contributed by atoms with Crippen LogP contribution >= 0.6 is 0 Å². The highest BCUT2D eigenvalue weighted by Crippen LogP contribution is 2.62. The second-order valence-corrected chi connectivity index (χ2v) is 7.40. The highest BCUT2D eigenvalue weighted by molar-refractivity contribution is 5.04. The van der Waals surface area contributed by atoms with Gasteiger partial charge in [0.15, 0.2) is 0 Å². The minimum Gasteiger partial charge on any atom is -0.396 e. The second kappa shape index (κ2) is 4.57. The van der Waals surface area contributed by atoms with Crippen LogP contribution in [0.1, 0.15) is 66.2 Å². The van der Waals surface area contributed by atoms with E-state index in [2.05, 4.69) is 27.7 Å². The van der Waals surface area contributed by atoms with E-state index in [0.29, 0.717) is 17.4 Å². The van der Waals surface area contributed by atoms with Crippen molar-refractivity contribution < 1.29 is 5.11 Å². The Balaban J connectivity index is 2.32. The summed E-state index contributed by atoms with van der Waals surface area (Å²) in [5, 5.41) is 9.49. The van der Waals surface area contributed by atoms with Crippen LogP contribution in [0.5, 0.6) is 0 Å². The monoisotopic (exact) mass is 238 g/mol. The van der Waals surface area contributed by atoms with Gasteiger partial charge in [-0.05, 0) is 47.8 Å². The zero-order chi connectivity index (χ0) is 12.7. The van der Waals surface area contributed by atoms with Crippen molar-refractivity contribution in [1.82, 2.24) is 0 Å². The first-order valence-electron chi connectivity index (χ1n) is 7.54. The molecule has 0 saturated heterocycles. The fourth-order valence-electron chi connectivity index (χ4n) is 4.86. The molecule has 1 heteroatoms. The van der Waals surface area contributed by atoms with Gasteiger partial charge in [0.25, 0.3) is 0 Å². The molecule has 2 saturated carbocycles. The summed E-state index contributed by atoms with van der Waals surface area (Å²) in [6.45, 7) is 10.1. The number of hydrogen-bond donors (Lipinski definition) is 1. The summed E-state index contributed by atoms with van der Waals surface area (Å²) in [4.78, 5) is 0. The Morgan fingerprint density at radius 1 is 1.12 bits per heavy atom. The van der Waals surface area contributed by atoms with E-state index in [0.717, 1.165) is 24.2 Å². The lowest BCUT2D eigenvalue weighted by Crippen LogP contribution is -2.53. The third-order valence-corrected chi connectivity index (χ3v) is 6.72. The van der Waals surface area contributed by atoms with Gasteiger partial charge in [-0.1, -0.05) is 47.0 Å². The lowest BCUT2D eigenvalue weighted by Gasteiger charge is -2.60. The number of aliphatic hydroxyl groups is 1. The average Bonchev–Trinajstić information content (AvgIpc) is 2.28. The largest absolute Gasteiger partial charge is 0.396 e. The molecule has 2 aliphatic rings. The van der Waals surface area contributed by atoms with Gasteiger partial charge in [0.2, 0.25) is 0 Å². The van der Waals surface area contributed by atoms with Crippen molar-refractivity contribution in [3.63, 3.8) is 0 Å². The molecule has 0 aromatic carbocycles. The van der Waals surface area contributed by atoms with Crippen LogP contribution in [0.15, 0.2) is 0 Å². The van der Waals surface area contributed by atoms with E-state index < -0.39 is 0 Å². The van der Waals surface area contributed by atoms with Crippen molar-refractivity contribution in [2.24, 2.45) is 28.6 Å². The van der Waals surface area contributed by atoms with Crippen molar-refractivity contribution in [3.05, 3.63) is 0 Å². The number of fused-ring (bicyclic) bond motifs is 1. The fourth-order valence-corrected chi connectivity index (χ4v) is 4.86. The summed E-state index contributed by atoms with van der Waals surface area (Å²) >= 11 is 0. The molecule has 100 valence electrons. The zero-order valence-electron chi connectivity index (χ0n) is 12.1. The van der Waals surface area contributed by atoms with E-state index in [-0.39, 0.29) is 0 Å². The van der Waals surface area contributed by atoms with Gasteiger partial charge in [-0.15, -0.1) is 0 Å². The molecule has 2 fully saturated rings. The van der Waals surface area contributed by atoms with Gasteiger partial charge in [0.05, 0.1) is 0 Å². The molecular weight excluding hydrogens is 208 g/mol. The molecule has 2 aliphatic carbocycles. The van der Waals surface area contributed by atoms with E-state index in [1.54, 1.807) is 0 Å². The molecule has 0 amide bonds. The van der Waals surface area contributed by atoms with E-state index >= 15 is 0 Å². The van der Waals surface area contributed by atoms with E-state index in [4.69, 9.17) is 0 Å². The lowest BCUT2D eigenvalue weighted by molar-refractivity contribution is -0.122. The summed E-state index contributed by atoms with van der Waals surface area (Å²) in [6, 6.07) is 0. The van der Waals surface area contributed by atoms with E-state index in [1.165, 1.54) is 32.1 Å². The smallest absolute Gasteiger partial charge is 0.0436 e. The molecule has 4 atom stereocenters. The molecule has 0 heterocycles. The molecule has 0 aromatic rings. The van der Waals surface area contributed by atoms with Crippen LogP contribution in [-0.2, 0) is 0 Å². The maximum absolute atomic E-state index is 9.49. The third kappa shape index (κ3) is 1.95. The molecular formula is C16H30O. The Labute approximate surface area is 107 Å². The van der Waals surface area contributed by atoms with Crippen molar-refractivity contribution in [1.29, 1.82) is 0 Å². The van der Waals surface area contributed by atoms with Gasteiger partial charge in [0, 0.05) is 6.61 Å². The van der Waals surface area contributed by atoms with Gasteiger partial charge in [-0.3, -0.25) is 0 Å². The second-order valence-electron chi connectivity index (χ2n) is 7.40. The summed E-state index contributed by atoms with van der Waals surface area (Å²) in [5.41, 5.74) is 0.707. The molecule has 1 N–H and O–H groups in total. The molecule has 0 spiro atoms. The van der Waals surface area contributed by atoms with Crippen LogP contribution in [0.2, 0.25) is 0 Å². The van der Waals surface area contributed by atoms with Crippen LogP contribution in [0, 0.1) is 28.6 Å². The predicted molar refractivity (Wildman–Crippen MR) is 72.8 cm³/mol. The molecule has 1 nitrogen and oxygen atoms in total. The molecule has 17 heavy (non-hydrogen) atoms. The molecule has 4 unspecified atom stereocenters. The number of rotatable bonds is 2. The first-order chi connectivity index (χ1) is 7.93. The van der Waals surface area contributed by atoms with Crippen LogP contribution in [-0.4, -0.2) is 11.7 Å². The average molecular weight is 238 g/mol. The minimum absolute atomic E-state index is 0.338. The minimum atomic E-state index is 0.338. The lowest BCUT2D eigenvalue weighted by atomic mass is 9.44. The maximum atomic E-state index is 9.49. The van der Waals surface area contributed by atoms with E-state index in [1.807, 2.05) is 0 Å². The van der Waals surface area contributed by atoms with Gasteiger partial charge in [-0.25, -0.2) is 0 Å². The first kappa shape index (κ1) is 13.4. The fraction of sp³-hybridized carbons (Fsp3) is 1.00. The molecule has 0 bridgehead atoms. The Morgan fingerprint density at radius 2 is 1.76 bits per heavy atom. The van der Waals surface area contributed by atoms with E-state index in [9.17, 15) is 5.11 Å². The standard InChI is InChI=1S/C16H30O/c1-12-11-13-7-5-6-8-14(13)16(4,9-10-17)15(12,2)3/h12-14,17H,5-11H2,1-4H3. The van der Waals surface area contributed by atoms with Crippen molar-refractivity contribution in [2.75, 3.05) is 6.61 Å². The van der Waals surface area contributed by atoms with Crippen LogP contribution < -0.4 is 0 Å². The summed E-state index contributed by atoms with van der Waals surface area (Å²) < 4.78 is 0. The SMILES string of the molecule is CC1CC2CCCCC2C(C)(CCO)C1(C)C. The predicted octanol–water partition coefficient (Wildman–Crippen LogP) is 4.25. The molecule has 0 radical (unpaired) electrons. The topological polar surface area (TPSA) is 20.2 Å². The maximum Gasteiger partial charge on any atom is 0.0436 e. The molecule has 0 aliphatic heterocycles. The number of hydrogen-bond acceptors (Lipinski definition) is 1. The third-order valence-electron chi connectivity index (χ3n) is 6.72. The van der Waals surface area contributed by atoms with Crippen LogP contribution in [0.25, 0.3) is 0 Å². The Kier molecular flexibility index (Phi) is 3.60. The molecule has 2 rings (SSSR count). The highest BCUT2D eigenvalue weighted by atomic mass is 16.3. The van der Waals surface area contributed by atoms with Gasteiger partial charge < -0.3 is 5.11 Å². The van der Waals surface area contributed by atoms with Crippen LogP contribution in [0.3, 0.4) is 0 Å². The van der Waals surface area contributed by atoms with Gasteiger partial charge in [-0.2, -0.15) is 0 Å². The van der Waals surface area contributed by atoms with Crippen molar-refractivity contribution in [3.8, 4) is 0 Å². The van der Waals surface area contributed by atoms with Gasteiger partial charge >= 0.3 is 0 Å². The number of aliphatic hydroxyl groups excluding tert-OH is 1. The molecule has 0 aromatic heterocycles. The Hall–Kier alpha value is -0.0400. The Morgan fingerprint density at radius 3 is 2.41 bits per heavy atom. The quantitative estimate of drug-likeness (QED) is 0.762. The first-order valence-corrected chi connectivity index (χ1v) is 7.54. The summed E-state index contributed by atoms with van der Waals surface area (Å²) in [7, 11) is 0. The van der Waals surface area contributed by atoms with Crippen molar-refractivity contribution >= 4 is 0 Å².